The van der Waals surface area contributed by atoms with Crippen LogP contribution in [0.3, 0.4) is 0 Å². The predicted molar refractivity (Wildman–Crippen MR) is 72.1 cm³/mol. The van der Waals surface area contributed by atoms with Gasteiger partial charge in [-0.25, -0.2) is 4.98 Å². The first-order valence-corrected chi connectivity index (χ1v) is 5.79. The molecule has 0 spiro atoms. The van der Waals surface area contributed by atoms with Gasteiger partial charge in [-0.3, -0.25) is 4.79 Å². The van der Waals surface area contributed by atoms with Crippen LogP contribution >= 0.6 is 12.4 Å². The van der Waals surface area contributed by atoms with Crippen molar-refractivity contribution >= 4 is 29.3 Å². The first-order valence-electron chi connectivity index (χ1n) is 5.79. The zero-order valence-electron chi connectivity index (χ0n) is 9.85. The number of aromatic nitrogens is 2. The van der Waals surface area contributed by atoms with E-state index in [1.807, 2.05) is 29.2 Å². The van der Waals surface area contributed by atoms with Crippen LogP contribution in [0.2, 0.25) is 0 Å². The number of piperazine rings is 1. The number of benzene rings is 1. The molecule has 18 heavy (non-hydrogen) atoms. The normalized spacial score (nSPS) is 15.4. The molecular formula is C12H15ClN4O. The summed E-state index contributed by atoms with van der Waals surface area (Å²) in [6.45, 7) is 3.20. The molecule has 5 nitrogen and oxygen atoms in total. The molecule has 0 unspecified atom stereocenters. The number of imidazole rings is 1. The number of nitrogens with zero attached hydrogens (tertiary/aromatic N) is 2. The first kappa shape index (κ1) is 12.9. The molecule has 1 saturated heterocycles. The fourth-order valence-electron chi connectivity index (χ4n) is 2.07. The first-order chi connectivity index (χ1) is 8.34. The van der Waals surface area contributed by atoms with E-state index in [1.54, 1.807) is 0 Å². The van der Waals surface area contributed by atoms with Crippen molar-refractivity contribution in [2.45, 2.75) is 0 Å². The molecule has 0 saturated carbocycles. The van der Waals surface area contributed by atoms with Gasteiger partial charge in [0.2, 0.25) is 0 Å². The minimum Gasteiger partial charge on any atom is -0.334 e. The van der Waals surface area contributed by atoms with E-state index in [-0.39, 0.29) is 18.3 Å². The van der Waals surface area contributed by atoms with Gasteiger partial charge < -0.3 is 15.2 Å². The Bertz CT molecular complexity index is 515. The summed E-state index contributed by atoms with van der Waals surface area (Å²) in [5.74, 6) is 0.427. The van der Waals surface area contributed by atoms with Crippen molar-refractivity contribution in [1.82, 2.24) is 20.2 Å². The maximum Gasteiger partial charge on any atom is 0.289 e. The van der Waals surface area contributed by atoms with E-state index in [1.165, 1.54) is 0 Å². The molecule has 96 valence electrons. The van der Waals surface area contributed by atoms with Crippen molar-refractivity contribution in [2.24, 2.45) is 0 Å². The lowest BCUT2D eigenvalue weighted by molar-refractivity contribution is 0.0725. The minimum absolute atomic E-state index is 0. The summed E-state index contributed by atoms with van der Waals surface area (Å²) in [6, 6.07) is 7.68. The second kappa shape index (κ2) is 5.37. The number of rotatable bonds is 1. The van der Waals surface area contributed by atoms with E-state index in [0.29, 0.717) is 5.82 Å². The maximum absolute atomic E-state index is 12.2. The average molecular weight is 267 g/mol. The van der Waals surface area contributed by atoms with Crippen molar-refractivity contribution in [3.05, 3.63) is 30.1 Å². The Kier molecular flexibility index (Phi) is 3.84. The van der Waals surface area contributed by atoms with E-state index in [9.17, 15) is 4.79 Å². The SMILES string of the molecule is Cl.O=C(c1nc2ccccc2[nH]1)N1CCNCC1. The molecule has 1 aromatic heterocycles. The number of nitrogens with one attached hydrogen (secondary N) is 2. The number of H-pyrrole nitrogens is 1. The fourth-order valence-corrected chi connectivity index (χ4v) is 2.07. The van der Waals surface area contributed by atoms with Crippen LogP contribution in [-0.2, 0) is 0 Å². The van der Waals surface area contributed by atoms with Crippen molar-refractivity contribution in [1.29, 1.82) is 0 Å². The molecule has 3 rings (SSSR count). The summed E-state index contributed by atoms with van der Waals surface area (Å²) in [4.78, 5) is 21.4. The average Bonchev–Trinajstić information content (AvgIpc) is 2.82. The van der Waals surface area contributed by atoms with Crippen LogP contribution in [0.5, 0.6) is 0 Å². The van der Waals surface area contributed by atoms with Gasteiger partial charge in [0.1, 0.15) is 0 Å². The third-order valence-corrected chi connectivity index (χ3v) is 3.00. The van der Waals surface area contributed by atoms with E-state index in [2.05, 4.69) is 15.3 Å². The number of carbonyl (C=O) groups is 1. The molecule has 2 N–H and O–H groups in total. The van der Waals surface area contributed by atoms with Crippen LogP contribution in [0.15, 0.2) is 24.3 Å². The standard InChI is InChI=1S/C12H14N4O.ClH/c17-12(16-7-5-13-6-8-16)11-14-9-3-1-2-4-10(9)15-11;/h1-4,13H,5-8H2,(H,14,15);1H. The third-order valence-electron chi connectivity index (χ3n) is 3.00. The van der Waals surface area contributed by atoms with Gasteiger partial charge in [-0.2, -0.15) is 0 Å². The number of hydrogen-bond acceptors (Lipinski definition) is 3. The Balaban J connectivity index is 0.00000120. The summed E-state index contributed by atoms with van der Waals surface area (Å²) in [5.41, 5.74) is 1.75. The summed E-state index contributed by atoms with van der Waals surface area (Å²) in [7, 11) is 0. The number of halogens is 1. The van der Waals surface area contributed by atoms with E-state index >= 15 is 0 Å². The molecule has 6 heteroatoms. The highest BCUT2D eigenvalue weighted by Crippen LogP contribution is 2.11. The smallest absolute Gasteiger partial charge is 0.289 e. The van der Waals surface area contributed by atoms with Crippen LogP contribution in [0.4, 0.5) is 0 Å². The highest BCUT2D eigenvalue weighted by Gasteiger charge is 2.20. The number of amides is 1. The van der Waals surface area contributed by atoms with Gasteiger partial charge in [0.15, 0.2) is 5.82 Å². The summed E-state index contributed by atoms with van der Waals surface area (Å²) < 4.78 is 0. The molecule has 0 bridgehead atoms. The molecule has 2 aromatic rings. The quantitative estimate of drug-likeness (QED) is 0.811. The van der Waals surface area contributed by atoms with Gasteiger partial charge in [0, 0.05) is 26.2 Å². The van der Waals surface area contributed by atoms with Crippen LogP contribution in [0.1, 0.15) is 10.6 Å². The lowest BCUT2D eigenvalue weighted by Crippen LogP contribution is -2.46. The predicted octanol–water partition coefficient (Wildman–Crippen LogP) is 1.03. The lowest BCUT2D eigenvalue weighted by Gasteiger charge is -2.26. The van der Waals surface area contributed by atoms with Gasteiger partial charge in [0.05, 0.1) is 11.0 Å². The Hall–Kier alpha value is -1.59. The lowest BCUT2D eigenvalue weighted by atomic mass is 10.3. The monoisotopic (exact) mass is 266 g/mol. The third kappa shape index (κ3) is 2.32. The number of para-hydroxylation sites is 2. The molecule has 0 atom stereocenters. The zero-order valence-corrected chi connectivity index (χ0v) is 10.7. The Morgan fingerprint density at radius 3 is 2.67 bits per heavy atom. The van der Waals surface area contributed by atoms with Gasteiger partial charge >= 0.3 is 0 Å². The summed E-state index contributed by atoms with van der Waals surface area (Å²) >= 11 is 0. The molecule has 1 aliphatic heterocycles. The fraction of sp³-hybridized carbons (Fsp3) is 0.333. The highest BCUT2D eigenvalue weighted by molar-refractivity contribution is 5.94. The van der Waals surface area contributed by atoms with E-state index in [4.69, 9.17) is 0 Å². The Morgan fingerprint density at radius 1 is 1.22 bits per heavy atom. The minimum atomic E-state index is -0.0114. The number of fused-ring (bicyclic) bond motifs is 1. The highest BCUT2D eigenvalue weighted by atomic mass is 35.5. The number of aromatic amines is 1. The molecule has 2 heterocycles. The van der Waals surface area contributed by atoms with Gasteiger partial charge in [-0.1, -0.05) is 12.1 Å². The van der Waals surface area contributed by atoms with Crippen molar-refractivity contribution in [2.75, 3.05) is 26.2 Å². The van der Waals surface area contributed by atoms with Crippen molar-refractivity contribution in [3.8, 4) is 0 Å². The van der Waals surface area contributed by atoms with E-state index in [0.717, 1.165) is 37.2 Å². The molecule has 0 radical (unpaired) electrons. The topological polar surface area (TPSA) is 61.0 Å². The number of hydrogen-bond donors (Lipinski definition) is 2. The van der Waals surface area contributed by atoms with Gasteiger partial charge in [-0.05, 0) is 12.1 Å². The summed E-state index contributed by atoms with van der Waals surface area (Å²) in [5, 5.41) is 3.22. The molecule has 1 fully saturated rings. The van der Waals surface area contributed by atoms with Crippen LogP contribution in [0.25, 0.3) is 11.0 Å². The van der Waals surface area contributed by atoms with Crippen LogP contribution in [0, 0.1) is 0 Å². The van der Waals surface area contributed by atoms with Crippen LogP contribution < -0.4 is 5.32 Å². The maximum atomic E-state index is 12.2. The van der Waals surface area contributed by atoms with Gasteiger partial charge in [-0.15, -0.1) is 12.4 Å². The molecule has 1 aromatic carbocycles. The molecule has 0 aliphatic carbocycles. The molecule has 1 aliphatic rings. The number of carbonyl (C=O) groups excluding carboxylic acids is 1. The van der Waals surface area contributed by atoms with Gasteiger partial charge in [0.25, 0.3) is 5.91 Å². The van der Waals surface area contributed by atoms with E-state index < -0.39 is 0 Å². The second-order valence-corrected chi connectivity index (χ2v) is 4.14. The largest absolute Gasteiger partial charge is 0.334 e. The molecular weight excluding hydrogens is 252 g/mol. The second-order valence-electron chi connectivity index (χ2n) is 4.14. The zero-order chi connectivity index (χ0) is 11.7. The van der Waals surface area contributed by atoms with Crippen molar-refractivity contribution in [3.63, 3.8) is 0 Å². The summed E-state index contributed by atoms with van der Waals surface area (Å²) in [6.07, 6.45) is 0. The Morgan fingerprint density at radius 2 is 1.94 bits per heavy atom. The molecule has 1 amide bonds. The van der Waals surface area contributed by atoms with Crippen LogP contribution in [-0.4, -0.2) is 47.0 Å². The Labute approximate surface area is 111 Å². The van der Waals surface area contributed by atoms with Crippen molar-refractivity contribution < 1.29 is 4.79 Å².